The van der Waals surface area contributed by atoms with Crippen LogP contribution in [-0.2, 0) is 0 Å². The highest BCUT2D eigenvalue weighted by Crippen LogP contribution is 2.12. The molecule has 0 bridgehead atoms. The number of benzene rings is 1. The number of halogens is 3. The molecule has 0 aliphatic carbocycles. The van der Waals surface area contributed by atoms with Crippen molar-refractivity contribution in [3.63, 3.8) is 0 Å². The van der Waals surface area contributed by atoms with Gasteiger partial charge in [-0.15, -0.1) is 0 Å². The molecule has 0 aromatic heterocycles. The number of rotatable bonds is 2. The molecule has 0 spiro atoms. The number of hydrogen-bond donors (Lipinski definition) is 1. The van der Waals surface area contributed by atoms with E-state index in [-0.39, 0.29) is 5.56 Å². The zero-order valence-electron chi connectivity index (χ0n) is 8.20. The Kier molecular flexibility index (Phi) is 4.19. The summed E-state index contributed by atoms with van der Waals surface area (Å²) in [6.07, 6.45) is 0. The summed E-state index contributed by atoms with van der Waals surface area (Å²) in [4.78, 5) is 0. The highest BCUT2D eigenvalue weighted by atomic mass is 19.2. The van der Waals surface area contributed by atoms with Crippen LogP contribution in [0.5, 0.6) is 0 Å². The zero-order valence-corrected chi connectivity index (χ0v) is 8.20. The average Bonchev–Trinajstić information content (AvgIpc) is 2.20. The second-order valence-corrected chi connectivity index (χ2v) is 2.83. The normalized spacial score (nSPS) is 9.60. The molecule has 4 heteroatoms. The highest BCUT2D eigenvalue weighted by Gasteiger charge is 2.07. The maximum absolute atomic E-state index is 13.0. The van der Waals surface area contributed by atoms with E-state index >= 15 is 0 Å². The molecule has 1 rings (SSSR count). The molecule has 0 aliphatic rings. The van der Waals surface area contributed by atoms with Gasteiger partial charge in [-0.25, -0.2) is 13.2 Å². The van der Waals surface area contributed by atoms with Crippen molar-refractivity contribution in [1.29, 1.82) is 0 Å². The molecular formula is C11H10F3N. The summed E-state index contributed by atoms with van der Waals surface area (Å²) in [5, 5.41) is 2.90. The zero-order chi connectivity index (χ0) is 11.3. The Balaban J connectivity index is 2.84. The maximum Gasteiger partial charge on any atom is 0.161 e. The van der Waals surface area contributed by atoms with E-state index in [0.29, 0.717) is 12.6 Å². The summed E-state index contributed by atoms with van der Waals surface area (Å²) in [5.74, 6) is 1.88. The van der Waals surface area contributed by atoms with E-state index in [9.17, 15) is 13.2 Å². The Morgan fingerprint density at radius 2 is 1.80 bits per heavy atom. The van der Waals surface area contributed by atoms with E-state index in [1.807, 2.05) is 6.92 Å². The van der Waals surface area contributed by atoms with E-state index in [2.05, 4.69) is 17.2 Å². The van der Waals surface area contributed by atoms with Crippen LogP contribution in [0, 0.1) is 29.3 Å². The summed E-state index contributed by atoms with van der Waals surface area (Å²) in [6.45, 7) is 3.03. The van der Waals surface area contributed by atoms with Gasteiger partial charge in [0.25, 0.3) is 0 Å². The van der Waals surface area contributed by atoms with Crippen LogP contribution in [0.4, 0.5) is 13.2 Å². The molecule has 0 amide bonds. The molecule has 0 aliphatic heterocycles. The van der Waals surface area contributed by atoms with Gasteiger partial charge in [-0.2, -0.15) is 0 Å². The third-order valence-electron chi connectivity index (χ3n) is 1.70. The number of hydrogen-bond acceptors (Lipinski definition) is 1. The van der Waals surface area contributed by atoms with Crippen LogP contribution in [0.1, 0.15) is 12.5 Å². The summed E-state index contributed by atoms with van der Waals surface area (Å²) in [6, 6.07) is 1.25. The molecule has 0 saturated heterocycles. The van der Waals surface area contributed by atoms with Crippen molar-refractivity contribution in [2.75, 3.05) is 13.1 Å². The van der Waals surface area contributed by atoms with Gasteiger partial charge >= 0.3 is 0 Å². The van der Waals surface area contributed by atoms with E-state index in [4.69, 9.17) is 0 Å². The van der Waals surface area contributed by atoms with Gasteiger partial charge in [0.1, 0.15) is 5.82 Å². The van der Waals surface area contributed by atoms with E-state index in [0.717, 1.165) is 12.6 Å². The van der Waals surface area contributed by atoms with E-state index in [1.165, 1.54) is 0 Å². The van der Waals surface area contributed by atoms with Crippen molar-refractivity contribution in [2.45, 2.75) is 6.92 Å². The molecule has 0 fully saturated rings. The van der Waals surface area contributed by atoms with Gasteiger partial charge in [-0.1, -0.05) is 18.8 Å². The van der Waals surface area contributed by atoms with E-state index in [1.54, 1.807) is 0 Å². The minimum Gasteiger partial charge on any atom is -0.306 e. The maximum atomic E-state index is 13.0. The van der Waals surface area contributed by atoms with Crippen LogP contribution in [0.2, 0.25) is 0 Å². The quantitative estimate of drug-likeness (QED) is 0.450. The first-order chi connectivity index (χ1) is 7.15. The molecule has 0 atom stereocenters. The monoisotopic (exact) mass is 213 g/mol. The van der Waals surface area contributed by atoms with Crippen LogP contribution >= 0.6 is 0 Å². The van der Waals surface area contributed by atoms with Crippen molar-refractivity contribution >= 4 is 0 Å². The first-order valence-electron chi connectivity index (χ1n) is 4.49. The SMILES string of the molecule is CCNCC#Cc1cc(F)c(F)cc1F. The second kappa shape index (κ2) is 5.42. The van der Waals surface area contributed by atoms with Gasteiger partial charge in [0, 0.05) is 6.07 Å². The predicted molar refractivity (Wildman–Crippen MR) is 51.7 cm³/mol. The van der Waals surface area contributed by atoms with Crippen molar-refractivity contribution < 1.29 is 13.2 Å². The van der Waals surface area contributed by atoms with Crippen LogP contribution < -0.4 is 5.32 Å². The lowest BCUT2D eigenvalue weighted by Gasteiger charge is -1.96. The Hall–Kier alpha value is -1.47. The Morgan fingerprint density at radius 3 is 2.47 bits per heavy atom. The fourth-order valence-electron chi connectivity index (χ4n) is 0.945. The first kappa shape index (κ1) is 11.6. The van der Waals surface area contributed by atoms with Gasteiger partial charge in [0.15, 0.2) is 11.6 Å². The largest absolute Gasteiger partial charge is 0.306 e. The minimum atomic E-state index is -1.20. The lowest BCUT2D eigenvalue weighted by molar-refractivity contribution is 0.494. The summed E-state index contributed by atoms with van der Waals surface area (Å²) in [5.41, 5.74) is -0.133. The second-order valence-electron chi connectivity index (χ2n) is 2.83. The lowest BCUT2D eigenvalue weighted by Crippen LogP contribution is -2.12. The van der Waals surface area contributed by atoms with Gasteiger partial charge in [0.05, 0.1) is 12.1 Å². The van der Waals surface area contributed by atoms with Gasteiger partial charge in [-0.05, 0) is 12.6 Å². The van der Waals surface area contributed by atoms with E-state index < -0.39 is 17.5 Å². The molecule has 0 heterocycles. The molecule has 0 unspecified atom stereocenters. The van der Waals surface area contributed by atoms with Crippen molar-refractivity contribution in [3.05, 3.63) is 35.1 Å². The molecular weight excluding hydrogens is 203 g/mol. The van der Waals surface area contributed by atoms with Crippen molar-refractivity contribution in [2.24, 2.45) is 0 Å². The molecule has 1 N–H and O–H groups in total. The summed E-state index contributed by atoms with van der Waals surface area (Å²) in [7, 11) is 0. The van der Waals surface area contributed by atoms with Gasteiger partial charge < -0.3 is 5.32 Å². The highest BCUT2D eigenvalue weighted by molar-refractivity contribution is 5.36. The Labute approximate surface area is 86.3 Å². The summed E-state index contributed by atoms with van der Waals surface area (Å²) < 4.78 is 38.2. The fraction of sp³-hybridized carbons (Fsp3) is 0.273. The van der Waals surface area contributed by atoms with Crippen molar-refractivity contribution in [1.82, 2.24) is 5.32 Å². The average molecular weight is 213 g/mol. The van der Waals surface area contributed by atoms with Gasteiger partial charge in [0.2, 0.25) is 0 Å². The number of nitrogens with one attached hydrogen (secondary N) is 1. The molecule has 1 nitrogen and oxygen atoms in total. The Morgan fingerprint density at radius 1 is 1.13 bits per heavy atom. The molecule has 80 valence electrons. The third-order valence-corrected chi connectivity index (χ3v) is 1.70. The van der Waals surface area contributed by atoms with Crippen LogP contribution in [0.3, 0.4) is 0 Å². The Bertz CT molecular complexity index is 404. The predicted octanol–water partition coefficient (Wildman–Crippen LogP) is 2.06. The standard InChI is InChI=1S/C11H10F3N/c1-2-15-5-3-4-8-6-10(13)11(14)7-9(8)12/h6-7,15H,2,5H2,1H3. The molecule has 1 aromatic rings. The molecule has 15 heavy (non-hydrogen) atoms. The fourth-order valence-corrected chi connectivity index (χ4v) is 0.945. The van der Waals surface area contributed by atoms with Crippen LogP contribution in [0.25, 0.3) is 0 Å². The van der Waals surface area contributed by atoms with Crippen LogP contribution in [0.15, 0.2) is 12.1 Å². The minimum absolute atomic E-state index is 0.133. The third kappa shape index (κ3) is 3.30. The van der Waals surface area contributed by atoms with Gasteiger partial charge in [-0.3, -0.25) is 0 Å². The molecule has 0 saturated carbocycles. The topological polar surface area (TPSA) is 12.0 Å². The summed E-state index contributed by atoms with van der Waals surface area (Å²) >= 11 is 0. The first-order valence-corrected chi connectivity index (χ1v) is 4.49. The molecule has 0 radical (unpaired) electrons. The van der Waals surface area contributed by atoms with Crippen molar-refractivity contribution in [3.8, 4) is 11.8 Å². The lowest BCUT2D eigenvalue weighted by atomic mass is 10.2. The molecule has 1 aromatic carbocycles. The smallest absolute Gasteiger partial charge is 0.161 e. The van der Waals surface area contributed by atoms with Crippen LogP contribution in [-0.4, -0.2) is 13.1 Å².